The van der Waals surface area contributed by atoms with Gasteiger partial charge < -0.3 is 10.0 Å². The Balaban J connectivity index is 1.96. The molecule has 0 spiro atoms. The van der Waals surface area contributed by atoms with Gasteiger partial charge >= 0.3 is 5.97 Å². The number of aryl methyl sites for hydroxylation is 1. The van der Waals surface area contributed by atoms with Crippen LogP contribution >= 0.6 is 0 Å². The Morgan fingerprint density at radius 2 is 2.10 bits per heavy atom. The quantitative estimate of drug-likeness (QED) is 0.818. The minimum Gasteiger partial charge on any atom is -0.478 e. The number of benzene rings is 1. The number of imide groups is 1. The Bertz CT molecular complexity index is 641. The van der Waals surface area contributed by atoms with Crippen LogP contribution in [0.15, 0.2) is 18.2 Å². The number of fused-ring (bicyclic) bond motifs is 1. The highest BCUT2D eigenvalue weighted by atomic mass is 16.4. The number of carboxylic acid groups (broad SMARTS) is 1. The van der Waals surface area contributed by atoms with Crippen LogP contribution in [0, 0.1) is 0 Å². The molecule has 21 heavy (non-hydrogen) atoms. The molecule has 0 saturated carbocycles. The van der Waals surface area contributed by atoms with Gasteiger partial charge in [0.2, 0.25) is 5.91 Å². The molecule has 1 fully saturated rings. The molecule has 6 nitrogen and oxygen atoms in total. The molecule has 2 heterocycles. The molecule has 2 aliphatic heterocycles. The second-order valence-corrected chi connectivity index (χ2v) is 5.46. The number of rotatable bonds is 2. The first-order valence-electron chi connectivity index (χ1n) is 6.92. The van der Waals surface area contributed by atoms with Crippen LogP contribution in [0.2, 0.25) is 0 Å². The number of amides is 2. The van der Waals surface area contributed by atoms with Gasteiger partial charge in [-0.3, -0.25) is 14.5 Å². The maximum absolute atomic E-state index is 12.2. The van der Waals surface area contributed by atoms with E-state index in [4.69, 9.17) is 5.11 Å². The predicted molar refractivity (Wildman–Crippen MR) is 75.3 cm³/mol. The van der Waals surface area contributed by atoms with Crippen molar-refractivity contribution < 1.29 is 19.5 Å². The molecular weight excluding hydrogens is 272 g/mol. The zero-order valence-corrected chi connectivity index (χ0v) is 11.7. The van der Waals surface area contributed by atoms with Gasteiger partial charge in [-0.25, -0.2) is 4.79 Å². The van der Waals surface area contributed by atoms with Gasteiger partial charge in [-0.15, -0.1) is 0 Å². The van der Waals surface area contributed by atoms with E-state index in [-0.39, 0.29) is 23.8 Å². The van der Waals surface area contributed by atoms with Crippen LogP contribution < -0.4 is 4.90 Å². The van der Waals surface area contributed by atoms with Crippen molar-refractivity contribution in [3.8, 4) is 0 Å². The van der Waals surface area contributed by atoms with Crippen molar-refractivity contribution in [2.75, 3.05) is 18.5 Å². The number of hydrogen-bond acceptors (Lipinski definition) is 4. The van der Waals surface area contributed by atoms with Crippen molar-refractivity contribution in [1.29, 1.82) is 0 Å². The summed E-state index contributed by atoms with van der Waals surface area (Å²) in [6.45, 7) is 0.705. The van der Waals surface area contributed by atoms with Crippen LogP contribution in [0.5, 0.6) is 0 Å². The summed E-state index contributed by atoms with van der Waals surface area (Å²) in [5.41, 5.74) is 2.05. The zero-order valence-electron chi connectivity index (χ0n) is 11.7. The molecule has 1 unspecified atom stereocenters. The van der Waals surface area contributed by atoms with E-state index in [1.54, 1.807) is 18.2 Å². The number of carbonyl (C=O) groups is 3. The van der Waals surface area contributed by atoms with Crippen molar-refractivity contribution >= 4 is 23.5 Å². The second-order valence-electron chi connectivity index (χ2n) is 5.46. The molecule has 1 saturated heterocycles. The van der Waals surface area contributed by atoms with Crippen molar-refractivity contribution in [3.05, 3.63) is 29.3 Å². The van der Waals surface area contributed by atoms with Crippen LogP contribution in [0.1, 0.15) is 28.8 Å². The maximum Gasteiger partial charge on any atom is 0.335 e. The number of anilines is 1. The van der Waals surface area contributed by atoms with Crippen LogP contribution in [0.4, 0.5) is 5.69 Å². The van der Waals surface area contributed by atoms with E-state index < -0.39 is 12.0 Å². The molecule has 0 bridgehead atoms. The maximum atomic E-state index is 12.2. The van der Waals surface area contributed by atoms with Gasteiger partial charge in [0.05, 0.1) is 12.0 Å². The molecule has 2 amide bonds. The third-order valence-electron chi connectivity index (χ3n) is 4.21. The first-order valence-corrected chi connectivity index (χ1v) is 6.92. The molecule has 0 aromatic heterocycles. The van der Waals surface area contributed by atoms with Gasteiger partial charge in [0, 0.05) is 19.3 Å². The Morgan fingerprint density at radius 3 is 2.71 bits per heavy atom. The van der Waals surface area contributed by atoms with Crippen molar-refractivity contribution in [2.45, 2.75) is 25.3 Å². The molecule has 2 aliphatic rings. The van der Waals surface area contributed by atoms with Crippen molar-refractivity contribution in [1.82, 2.24) is 4.90 Å². The first kappa shape index (κ1) is 13.6. The van der Waals surface area contributed by atoms with Crippen molar-refractivity contribution in [2.24, 2.45) is 0 Å². The number of carbonyl (C=O) groups excluding carboxylic acids is 2. The molecule has 1 N–H and O–H groups in total. The lowest BCUT2D eigenvalue weighted by Crippen LogP contribution is -2.43. The minimum atomic E-state index is -0.957. The lowest BCUT2D eigenvalue weighted by Gasteiger charge is -2.34. The summed E-state index contributed by atoms with van der Waals surface area (Å²) in [5.74, 6) is -1.31. The van der Waals surface area contributed by atoms with E-state index in [1.165, 1.54) is 11.9 Å². The second kappa shape index (κ2) is 4.87. The molecule has 3 rings (SSSR count). The Hall–Kier alpha value is -2.37. The fourth-order valence-electron chi connectivity index (χ4n) is 3.06. The molecule has 6 heteroatoms. The normalized spacial score (nSPS) is 21.7. The summed E-state index contributed by atoms with van der Waals surface area (Å²) < 4.78 is 0. The highest BCUT2D eigenvalue weighted by Gasteiger charge is 2.41. The number of likely N-dealkylation sites (tertiary alicyclic amines) is 1. The fourth-order valence-corrected chi connectivity index (χ4v) is 3.06. The summed E-state index contributed by atoms with van der Waals surface area (Å²) in [7, 11) is 1.50. The van der Waals surface area contributed by atoms with E-state index in [1.807, 2.05) is 4.90 Å². The smallest absolute Gasteiger partial charge is 0.335 e. The highest BCUT2D eigenvalue weighted by molar-refractivity contribution is 6.07. The van der Waals surface area contributed by atoms with Gasteiger partial charge in [0.15, 0.2) is 0 Å². The largest absolute Gasteiger partial charge is 0.478 e. The van der Waals surface area contributed by atoms with Gasteiger partial charge in [0.25, 0.3) is 5.91 Å². The van der Waals surface area contributed by atoms with E-state index in [0.29, 0.717) is 6.54 Å². The third kappa shape index (κ3) is 2.16. The summed E-state index contributed by atoms with van der Waals surface area (Å²) in [4.78, 5) is 38.0. The number of aromatic carboxylic acids is 1. The third-order valence-corrected chi connectivity index (χ3v) is 4.21. The summed E-state index contributed by atoms with van der Waals surface area (Å²) in [6, 6.07) is 4.49. The van der Waals surface area contributed by atoms with E-state index in [0.717, 1.165) is 24.1 Å². The van der Waals surface area contributed by atoms with Gasteiger partial charge in [-0.1, -0.05) is 0 Å². The molecule has 0 radical (unpaired) electrons. The van der Waals surface area contributed by atoms with E-state index in [9.17, 15) is 14.4 Å². The molecule has 1 aromatic rings. The number of carboxylic acids is 1. The summed E-state index contributed by atoms with van der Waals surface area (Å²) in [6.07, 6.45) is 1.82. The first-order chi connectivity index (χ1) is 9.99. The van der Waals surface area contributed by atoms with E-state index in [2.05, 4.69) is 0 Å². The zero-order chi connectivity index (χ0) is 15.1. The number of likely N-dealkylation sites (N-methyl/N-ethyl adjacent to an activating group) is 1. The van der Waals surface area contributed by atoms with Crippen molar-refractivity contribution in [3.63, 3.8) is 0 Å². The average molecular weight is 288 g/mol. The van der Waals surface area contributed by atoms with Gasteiger partial charge in [0.1, 0.15) is 6.04 Å². The van der Waals surface area contributed by atoms with Crippen LogP contribution in [0.3, 0.4) is 0 Å². The topological polar surface area (TPSA) is 77.9 Å². The Morgan fingerprint density at radius 1 is 1.33 bits per heavy atom. The minimum absolute atomic E-state index is 0.167. The molecule has 1 atom stereocenters. The molecule has 110 valence electrons. The molecular formula is C15H16N2O4. The summed E-state index contributed by atoms with van der Waals surface area (Å²) >= 11 is 0. The molecule has 1 aromatic carbocycles. The monoisotopic (exact) mass is 288 g/mol. The Kier molecular flexibility index (Phi) is 3.16. The van der Waals surface area contributed by atoms with Crippen LogP contribution in [0.25, 0.3) is 0 Å². The number of hydrogen-bond donors (Lipinski definition) is 1. The lowest BCUT2D eigenvalue weighted by molar-refractivity contribution is -0.136. The highest BCUT2D eigenvalue weighted by Crippen LogP contribution is 2.32. The summed E-state index contributed by atoms with van der Waals surface area (Å²) in [5, 5.41) is 9.06. The average Bonchev–Trinajstić information content (AvgIpc) is 2.73. The lowest BCUT2D eigenvalue weighted by atomic mass is 9.97. The van der Waals surface area contributed by atoms with Crippen LogP contribution in [-0.2, 0) is 16.0 Å². The van der Waals surface area contributed by atoms with Crippen LogP contribution in [-0.4, -0.2) is 47.4 Å². The number of nitrogens with zero attached hydrogens (tertiary/aromatic N) is 2. The Labute approximate surface area is 122 Å². The SMILES string of the molecule is CN1C(=O)CC(N2CCCc3cc(C(=O)O)ccc32)C1=O. The predicted octanol–water partition coefficient (Wildman–Crippen LogP) is 0.895. The molecule has 0 aliphatic carbocycles. The van der Waals surface area contributed by atoms with Gasteiger partial charge in [-0.2, -0.15) is 0 Å². The van der Waals surface area contributed by atoms with Gasteiger partial charge in [-0.05, 0) is 36.6 Å². The fraction of sp³-hybridized carbons (Fsp3) is 0.400. The van der Waals surface area contributed by atoms with E-state index >= 15 is 0 Å². The standard InChI is InChI=1S/C15H16N2O4/c1-16-13(18)8-12(14(16)19)17-6-2-3-9-7-10(15(20)21)4-5-11(9)17/h4-5,7,12H,2-3,6,8H2,1H3,(H,20,21).